The number of nitrogens with one attached hydrogen (secondary N) is 1. The molecule has 4 aromatic rings. The fourth-order valence-corrected chi connectivity index (χ4v) is 3.81. The van der Waals surface area contributed by atoms with Gasteiger partial charge in [0.05, 0.1) is 17.9 Å². The first-order valence-electron chi connectivity index (χ1n) is 11.7. The molecule has 0 radical (unpaired) electrons. The molecule has 0 aliphatic rings. The Hall–Kier alpha value is -4.33. The summed E-state index contributed by atoms with van der Waals surface area (Å²) in [5.74, 6) is 1.46. The van der Waals surface area contributed by atoms with Crippen molar-refractivity contribution in [2.24, 2.45) is 0 Å². The number of aromatic nitrogens is 1. The van der Waals surface area contributed by atoms with Crippen LogP contribution in [-0.4, -0.2) is 28.6 Å². The Bertz CT molecular complexity index is 1340. The Labute approximate surface area is 208 Å². The van der Waals surface area contributed by atoms with Gasteiger partial charge < -0.3 is 24.0 Å². The van der Waals surface area contributed by atoms with Crippen LogP contribution in [0, 0.1) is 13.8 Å². The van der Waals surface area contributed by atoms with E-state index >= 15 is 0 Å². The SMILES string of the molecule is Cc1cc(C(=O)NCc2cc(OCCc3nc(-c4ccccc4)oc3C)ccc2CCC(=O)O)co1. The van der Waals surface area contributed by atoms with Crippen molar-refractivity contribution < 1.29 is 28.3 Å². The third kappa shape index (κ3) is 6.41. The van der Waals surface area contributed by atoms with Gasteiger partial charge in [-0.1, -0.05) is 24.3 Å². The zero-order valence-corrected chi connectivity index (χ0v) is 20.2. The molecule has 0 atom stereocenters. The first kappa shape index (κ1) is 24.8. The number of nitrogens with zero attached hydrogens (tertiary/aromatic N) is 1. The van der Waals surface area contributed by atoms with Gasteiger partial charge in [-0.25, -0.2) is 4.98 Å². The average molecular weight is 489 g/mol. The molecule has 4 rings (SSSR count). The van der Waals surface area contributed by atoms with Crippen molar-refractivity contribution >= 4 is 11.9 Å². The highest BCUT2D eigenvalue weighted by molar-refractivity contribution is 5.93. The first-order valence-corrected chi connectivity index (χ1v) is 11.7. The smallest absolute Gasteiger partial charge is 0.303 e. The molecule has 0 spiro atoms. The minimum atomic E-state index is -0.878. The number of carboxylic acid groups (broad SMARTS) is 1. The molecule has 0 fully saturated rings. The highest BCUT2D eigenvalue weighted by Gasteiger charge is 2.14. The van der Waals surface area contributed by atoms with Gasteiger partial charge in [0.2, 0.25) is 5.89 Å². The summed E-state index contributed by atoms with van der Waals surface area (Å²) in [4.78, 5) is 28.1. The number of amides is 1. The van der Waals surface area contributed by atoms with Gasteiger partial charge in [-0.05, 0) is 61.7 Å². The molecule has 36 heavy (non-hydrogen) atoms. The van der Waals surface area contributed by atoms with Crippen LogP contribution in [0.4, 0.5) is 0 Å². The third-order valence-corrected chi connectivity index (χ3v) is 5.74. The van der Waals surface area contributed by atoms with Gasteiger partial charge in [0.15, 0.2) is 0 Å². The van der Waals surface area contributed by atoms with Crippen LogP contribution in [0.2, 0.25) is 0 Å². The maximum atomic E-state index is 12.4. The Morgan fingerprint density at radius 1 is 1.03 bits per heavy atom. The number of aryl methyl sites for hydroxylation is 3. The molecule has 0 aliphatic heterocycles. The molecule has 186 valence electrons. The molecule has 0 saturated heterocycles. The predicted molar refractivity (Wildman–Crippen MR) is 133 cm³/mol. The molecule has 0 unspecified atom stereocenters. The summed E-state index contributed by atoms with van der Waals surface area (Å²) >= 11 is 0. The number of carbonyl (C=O) groups excluding carboxylic acids is 1. The van der Waals surface area contributed by atoms with E-state index in [4.69, 9.17) is 18.7 Å². The molecule has 8 nitrogen and oxygen atoms in total. The predicted octanol–water partition coefficient (Wildman–Crippen LogP) is 5.12. The van der Waals surface area contributed by atoms with Gasteiger partial charge in [0.25, 0.3) is 5.91 Å². The van der Waals surface area contributed by atoms with E-state index in [1.165, 1.54) is 6.26 Å². The third-order valence-electron chi connectivity index (χ3n) is 5.74. The Morgan fingerprint density at radius 3 is 2.56 bits per heavy atom. The molecule has 0 bridgehead atoms. The van der Waals surface area contributed by atoms with Crippen molar-refractivity contribution in [3.63, 3.8) is 0 Å². The summed E-state index contributed by atoms with van der Waals surface area (Å²) in [6.07, 6.45) is 2.32. The zero-order chi connectivity index (χ0) is 25.5. The second kappa shape index (κ2) is 11.4. The van der Waals surface area contributed by atoms with Gasteiger partial charge in [-0.15, -0.1) is 0 Å². The highest BCUT2D eigenvalue weighted by Crippen LogP contribution is 2.23. The van der Waals surface area contributed by atoms with Gasteiger partial charge in [0.1, 0.15) is 23.5 Å². The highest BCUT2D eigenvalue weighted by atomic mass is 16.5. The number of furan rings is 1. The molecule has 8 heteroatoms. The van der Waals surface area contributed by atoms with Crippen LogP contribution in [0.3, 0.4) is 0 Å². The first-order chi connectivity index (χ1) is 17.4. The van der Waals surface area contributed by atoms with E-state index < -0.39 is 5.97 Å². The number of aliphatic carboxylic acids is 1. The van der Waals surface area contributed by atoms with Crippen molar-refractivity contribution in [3.8, 4) is 17.2 Å². The van der Waals surface area contributed by atoms with Gasteiger partial charge in [0, 0.05) is 24.9 Å². The van der Waals surface area contributed by atoms with Crippen LogP contribution < -0.4 is 10.1 Å². The normalized spacial score (nSPS) is 10.8. The van der Waals surface area contributed by atoms with E-state index in [1.807, 2.05) is 55.5 Å². The number of ether oxygens (including phenoxy) is 1. The Morgan fingerprint density at radius 2 is 1.83 bits per heavy atom. The summed E-state index contributed by atoms with van der Waals surface area (Å²) in [5, 5.41) is 12.0. The van der Waals surface area contributed by atoms with Crippen LogP contribution in [0.15, 0.2) is 69.7 Å². The fourth-order valence-electron chi connectivity index (χ4n) is 3.81. The van der Waals surface area contributed by atoms with Crippen LogP contribution >= 0.6 is 0 Å². The van der Waals surface area contributed by atoms with Crippen molar-refractivity contribution in [2.45, 2.75) is 39.7 Å². The number of benzene rings is 2. The zero-order valence-electron chi connectivity index (χ0n) is 20.2. The average Bonchev–Trinajstić information content (AvgIpc) is 3.48. The van der Waals surface area contributed by atoms with E-state index in [1.54, 1.807) is 13.0 Å². The van der Waals surface area contributed by atoms with Crippen molar-refractivity contribution in [3.05, 3.63) is 94.8 Å². The minimum absolute atomic E-state index is 0.00272. The van der Waals surface area contributed by atoms with Crippen LogP contribution in [0.1, 0.15) is 45.1 Å². The summed E-state index contributed by atoms with van der Waals surface area (Å²) in [6.45, 7) is 4.27. The lowest BCUT2D eigenvalue weighted by molar-refractivity contribution is -0.136. The van der Waals surface area contributed by atoms with E-state index in [2.05, 4.69) is 10.3 Å². The van der Waals surface area contributed by atoms with Crippen molar-refractivity contribution in [2.75, 3.05) is 6.61 Å². The summed E-state index contributed by atoms with van der Waals surface area (Å²) in [5.41, 5.74) is 3.82. The van der Waals surface area contributed by atoms with Gasteiger partial charge >= 0.3 is 5.97 Å². The number of carbonyl (C=O) groups is 2. The molecule has 0 aliphatic carbocycles. The molecule has 2 aromatic carbocycles. The Kier molecular flexibility index (Phi) is 7.85. The van der Waals surface area contributed by atoms with E-state index in [0.29, 0.717) is 42.4 Å². The van der Waals surface area contributed by atoms with E-state index in [-0.39, 0.29) is 18.9 Å². The number of rotatable bonds is 11. The molecule has 0 saturated carbocycles. The largest absolute Gasteiger partial charge is 0.493 e. The fraction of sp³-hybridized carbons (Fsp3) is 0.250. The van der Waals surface area contributed by atoms with Crippen LogP contribution in [-0.2, 0) is 24.2 Å². The summed E-state index contributed by atoms with van der Waals surface area (Å²) < 4.78 is 17.0. The molecular weight excluding hydrogens is 460 g/mol. The molecule has 2 N–H and O–H groups in total. The lowest BCUT2D eigenvalue weighted by Gasteiger charge is -2.13. The molecular formula is C28H28N2O6. The number of hydrogen-bond donors (Lipinski definition) is 2. The maximum Gasteiger partial charge on any atom is 0.303 e. The lowest BCUT2D eigenvalue weighted by Crippen LogP contribution is -2.23. The quantitative estimate of drug-likeness (QED) is 0.301. The second-order valence-corrected chi connectivity index (χ2v) is 8.44. The number of hydrogen-bond acceptors (Lipinski definition) is 6. The number of carboxylic acids is 1. The summed E-state index contributed by atoms with van der Waals surface area (Å²) in [6, 6.07) is 16.9. The summed E-state index contributed by atoms with van der Waals surface area (Å²) in [7, 11) is 0. The van der Waals surface area contributed by atoms with Crippen LogP contribution in [0.25, 0.3) is 11.5 Å². The van der Waals surface area contributed by atoms with Gasteiger partial charge in [-0.3, -0.25) is 9.59 Å². The number of oxazole rings is 1. The topological polar surface area (TPSA) is 115 Å². The molecule has 2 aromatic heterocycles. The monoisotopic (exact) mass is 488 g/mol. The molecule has 1 amide bonds. The minimum Gasteiger partial charge on any atom is -0.493 e. The van der Waals surface area contributed by atoms with Gasteiger partial charge in [-0.2, -0.15) is 0 Å². The van der Waals surface area contributed by atoms with Crippen molar-refractivity contribution in [1.29, 1.82) is 0 Å². The van der Waals surface area contributed by atoms with Crippen molar-refractivity contribution in [1.82, 2.24) is 10.3 Å². The second-order valence-electron chi connectivity index (χ2n) is 8.44. The molecule has 2 heterocycles. The lowest BCUT2D eigenvalue weighted by atomic mass is 10.0. The van der Waals surface area contributed by atoms with Crippen LogP contribution in [0.5, 0.6) is 5.75 Å². The standard InChI is InChI=1S/C28H28N2O6/c1-18-14-23(17-35-18)27(33)29-16-22-15-24(10-8-20(22)9-11-26(31)32)34-13-12-25-19(2)36-28(30-25)21-6-4-3-5-7-21/h3-8,10,14-15,17H,9,11-13,16H2,1-2H3,(H,29,33)(H,31,32). The maximum absolute atomic E-state index is 12.4. The van der Waals surface area contributed by atoms with E-state index in [0.717, 1.165) is 28.1 Å². The Balaban J connectivity index is 1.41. The van der Waals surface area contributed by atoms with E-state index in [9.17, 15) is 9.59 Å².